The van der Waals surface area contributed by atoms with Gasteiger partial charge in [-0.1, -0.05) is 12.8 Å². The van der Waals surface area contributed by atoms with Crippen LogP contribution >= 0.6 is 0 Å². The summed E-state index contributed by atoms with van der Waals surface area (Å²) in [6.45, 7) is 1.41. The molecule has 3 rings (SSSR count). The summed E-state index contributed by atoms with van der Waals surface area (Å²) >= 11 is 0. The summed E-state index contributed by atoms with van der Waals surface area (Å²) in [4.78, 5) is 25.5. The summed E-state index contributed by atoms with van der Waals surface area (Å²) in [6.07, 6.45) is 5.04. The molecule has 3 fully saturated rings. The van der Waals surface area contributed by atoms with Crippen LogP contribution in [0.4, 0.5) is 0 Å². The molecule has 0 aromatic carbocycles. The molecule has 0 aromatic heterocycles. The van der Waals surface area contributed by atoms with Crippen LogP contribution in [0.1, 0.15) is 32.1 Å². The second-order valence-electron chi connectivity index (χ2n) is 5.80. The van der Waals surface area contributed by atoms with Crippen molar-refractivity contribution in [3.8, 4) is 0 Å². The van der Waals surface area contributed by atoms with E-state index < -0.39 is 12.0 Å². The molecule has 2 heterocycles. The first-order valence-corrected chi connectivity index (χ1v) is 6.94. The van der Waals surface area contributed by atoms with Crippen LogP contribution in [0.25, 0.3) is 0 Å². The Hall–Kier alpha value is -1.10. The van der Waals surface area contributed by atoms with Crippen molar-refractivity contribution >= 4 is 11.9 Å². The van der Waals surface area contributed by atoms with Crippen molar-refractivity contribution in [1.82, 2.24) is 10.2 Å². The average Bonchev–Trinajstić information content (AvgIpc) is 2.65. The van der Waals surface area contributed by atoms with Gasteiger partial charge in [0, 0.05) is 19.1 Å². The molecule has 1 aliphatic carbocycles. The summed E-state index contributed by atoms with van der Waals surface area (Å²) in [5.74, 6) is -0.343. The number of rotatable bonds is 2. The number of hydrogen-bond acceptors (Lipinski definition) is 3. The van der Waals surface area contributed by atoms with E-state index in [4.69, 9.17) is 0 Å². The molecule has 1 saturated carbocycles. The first-order chi connectivity index (χ1) is 8.68. The number of carbonyl (C=O) groups excluding carboxylic acids is 1. The lowest BCUT2D eigenvalue weighted by Gasteiger charge is -2.37. The lowest BCUT2D eigenvalue weighted by Crippen LogP contribution is -2.56. The maximum Gasteiger partial charge on any atom is 0.326 e. The van der Waals surface area contributed by atoms with Gasteiger partial charge in [-0.25, -0.2) is 4.79 Å². The first-order valence-electron chi connectivity index (χ1n) is 6.94. The van der Waals surface area contributed by atoms with Crippen molar-refractivity contribution < 1.29 is 14.7 Å². The van der Waals surface area contributed by atoms with Crippen molar-refractivity contribution in [2.45, 2.75) is 44.2 Å². The zero-order valence-electron chi connectivity index (χ0n) is 10.5. The minimum absolute atomic E-state index is 0.00697. The van der Waals surface area contributed by atoms with Gasteiger partial charge in [0.05, 0.1) is 5.92 Å². The van der Waals surface area contributed by atoms with Gasteiger partial charge < -0.3 is 15.3 Å². The third-order valence-corrected chi connectivity index (χ3v) is 4.76. The van der Waals surface area contributed by atoms with Crippen molar-refractivity contribution in [1.29, 1.82) is 0 Å². The van der Waals surface area contributed by atoms with Crippen LogP contribution in [0.2, 0.25) is 0 Å². The Bertz CT molecular complexity index is 367. The highest BCUT2D eigenvalue weighted by molar-refractivity contribution is 5.87. The van der Waals surface area contributed by atoms with E-state index in [1.165, 1.54) is 6.42 Å². The number of fused-ring (bicyclic) bond motifs is 1. The maximum atomic E-state index is 12.4. The third kappa shape index (κ3) is 1.81. The number of nitrogens with zero attached hydrogens (tertiary/aromatic N) is 1. The molecule has 2 saturated heterocycles. The summed E-state index contributed by atoms with van der Waals surface area (Å²) in [7, 11) is 0. The Morgan fingerprint density at radius 1 is 1.17 bits per heavy atom. The molecule has 3 unspecified atom stereocenters. The average molecular weight is 252 g/mol. The second-order valence-corrected chi connectivity index (χ2v) is 5.80. The topological polar surface area (TPSA) is 69.6 Å². The van der Waals surface area contributed by atoms with Crippen molar-refractivity contribution in [3.63, 3.8) is 0 Å². The molecule has 18 heavy (non-hydrogen) atoms. The summed E-state index contributed by atoms with van der Waals surface area (Å²) in [6, 6.07) is -0.390. The number of carboxylic acid groups (broad SMARTS) is 1. The van der Waals surface area contributed by atoms with Crippen LogP contribution in [0.15, 0.2) is 0 Å². The van der Waals surface area contributed by atoms with E-state index >= 15 is 0 Å². The van der Waals surface area contributed by atoms with E-state index in [1.807, 2.05) is 0 Å². The molecule has 0 aromatic rings. The fourth-order valence-electron chi connectivity index (χ4n) is 3.67. The summed E-state index contributed by atoms with van der Waals surface area (Å²) in [5.41, 5.74) is 0. The molecule has 0 radical (unpaired) electrons. The lowest BCUT2D eigenvalue weighted by atomic mass is 9.84. The zero-order valence-corrected chi connectivity index (χ0v) is 10.5. The van der Waals surface area contributed by atoms with Gasteiger partial charge in [-0.05, 0) is 25.2 Å². The van der Waals surface area contributed by atoms with Gasteiger partial charge >= 0.3 is 5.97 Å². The Labute approximate surface area is 107 Å². The lowest BCUT2D eigenvalue weighted by molar-refractivity contribution is -0.152. The summed E-state index contributed by atoms with van der Waals surface area (Å²) in [5, 5.41) is 12.4. The predicted molar refractivity (Wildman–Crippen MR) is 65.0 cm³/mol. The van der Waals surface area contributed by atoms with Crippen LogP contribution in [0, 0.1) is 11.8 Å². The molecule has 2 N–H and O–H groups in total. The number of nitrogens with one attached hydrogen (secondary N) is 1. The van der Waals surface area contributed by atoms with Gasteiger partial charge in [0.25, 0.3) is 0 Å². The number of amides is 1. The molecule has 0 spiro atoms. The van der Waals surface area contributed by atoms with E-state index in [-0.39, 0.29) is 17.9 Å². The highest BCUT2D eigenvalue weighted by Gasteiger charge is 2.49. The van der Waals surface area contributed by atoms with Crippen molar-refractivity contribution in [2.75, 3.05) is 13.1 Å². The van der Waals surface area contributed by atoms with E-state index in [9.17, 15) is 14.7 Å². The minimum atomic E-state index is -0.829. The smallest absolute Gasteiger partial charge is 0.326 e. The van der Waals surface area contributed by atoms with E-state index in [0.29, 0.717) is 25.4 Å². The van der Waals surface area contributed by atoms with Gasteiger partial charge in [0.2, 0.25) is 5.91 Å². The molecular formula is C13H20N2O3. The van der Waals surface area contributed by atoms with Gasteiger partial charge in [-0.2, -0.15) is 0 Å². The first kappa shape index (κ1) is 12.0. The molecule has 3 atom stereocenters. The zero-order chi connectivity index (χ0) is 12.7. The second kappa shape index (κ2) is 4.53. The Morgan fingerprint density at radius 2 is 1.89 bits per heavy atom. The Balaban J connectivity index is 1.81. The molecule has 3 aliphatic rings. The van der Waals surface area contributed by atoms with Gasteiger partial charge in [0.1, 0.15) is 6.04 Å². The van der Waals surface area contributed by atoms with Gasteiger partial charge in [-0.15, -0.1) is 0 Å². The number of aliphatic carboxylic acids is 1. The number of carboxylic acids is 1. The molecule has 1 amide bonds. The molecule has 5 heteroatoms. The maximum absolute atomic E-state index is 12.4. The molecule has 2 aliphatic heterocycles. The van der Waals surface area contributed by atoms with Gasteiger partial charge in [-0.3, -0.25) is 4.79 Å². The Kier molecular flexibility index (Phi) is 3.01. The van der Waals surface area contributed by atoms with Crippen LogP contribution in [-0.2, 0) is 9.59 Å². The predicted octanol–water partition coefficient (Wildman–Crippen LogP) is 0.450. The standard InChI is InChI=1S/C13H20N2O3/c16-12(9-6-14-7-9)15-10-4-2-1-3-8(10)5-11(15)13(17)18/h8-11,14H,1-7H2,(H,17,18). The van der Waals surface area contributed by atoms with Gasteiger partial charge in [0.15, 0.2) is 0 Å². The van der Waals surface area contributed by atoms with E-state index in [1.54, 1.807) is 4.90 Å². The molecule has 5 nitrogen and oxygen atoms in total. The largest absolute Gasteiger partial charge is 0.480 e. The minimum Gasteiger partial charge on any atom is -0.480 e. The van der Waals surface area contributed by atoms with Crippen molar-refractivity contribution in [3.05, 3.63) is 0 Å². The quantitative estimate of drug-likeness (QED) is 0.748. The Morgan fingerprint density at radius 3 is 2.50 bits per heavy atom. The molecule has 100 valence electrons. The van der Waals surface area contributed by atoms with Crippen LogP contribution < -0.4 is 5.32 Å². The fourth-order valence-corrected chi connectivity index (χ4v) is 3.67. The van der Waals surface area contributed by atoms with Crippen LogP contribution in [0.3, 0.4) is 0 Å². The normalized spacial score (nSPS) is 36.0. The SMILES string of the molecule is O=C(O)C1CC2CCCCC2N1C(=O)C1CNC1. The summed E-state index contributed by atoms with van der Waals surface area (Å²) < 4.78 is 0. The number of likely N-dealkylation sites (tertiary alicyclic amines) is 1. The van der Waals surface area contributed by atoms with Crippen LogP contribution in [0.5, 0.6) is 0 Å². The fraction of sp³-hybridized carbons (Fsp3) is 0.846. The highest BCUT2D eigenvalue weighted by Crippen LogP contribution is 2.40. The number of carbonyl (C=O) groups is 2. The number of hydrogen-bond donors (Lipinski definition) is 2. The van der Waals surface area contributed by atoms with Crippen LogP contribution in [-0.4, -0.2) is 47.1 Å². The third-order valence-electron chi connectivity index (χ3n) is 4.76. The molecule has 0 bridgehead atoms. The van der Waals surface area contributed by atoms with E-state index in [0.717, 1.165) is 19.3 Å². The highest BCUT2D eigenvalue weighted by atomic mass is 16.4. The molecular weight excluding hydrogens is 232 g/mol. The monoisotopic (exact) mass is 252 g/mol. The van der Waals surface area contributed by atoms with Crippen molar-refractivity contribution in [2.24, 2.45) is 11.8 Å². The van der Waals surface area contributed by atoms with E-state index in [2.05, 4.69) is 5.32 Å².